The summed E-state index contributed by atoms with van der Waals surface area (Å²) >= 11 is 6.28. The molecule has 0 radical (unpaired) electrons. The first-order valence-corrected chi connectivity index (χ1v) is 20.5. The number of carbonyl (C=O) groups excluding carboxylic acids is 1. The Hall–Kier alpha value is -5.68. The number of ether oxygens (including phenoxy) is 1. The van der Waals surface area contributed by atoms with E-state index in [1.165, 1.54) is 0 Å². The minimum Gasteiger partial charge on any atom is -0.447 e. The maximum atomic E-state index is 14.0. The molecule has 0 aliphatic carbocycles. The summed E-state index contributed by atoms with van der Waals surface area (Å²) in [4.78, 5) is 31.8. The summed E-state index contributed by atoms with van der Waals surface area (Å²) in [5.41, 5.74) is 3.26. The molecule has 3 heterocycles. The van der Waals surface area contributed by atoms with Gasteiger partial charge in [0.2, 0.25) is 5.95 Å². The molecule has 12 heteroatoms. The van der Waals surface area contributed by atoms with Crippen molar-refractivity contribution in [2.45, 2.75) is 95.9 Å². The predicted molar refractivity (Wildman–Crippen MR) is 225 cm³/mol. The lowest BCUT2D eigenvalue weighted by Gasteiger charge is -2.47. The molecule has 4 aromatic carbocycles. The summed E-state index contributed by atoms with van der Waals surface area (Å²) in [6.45, 7) is 7.77. The van der Waals surface area contributed by atoms with Gasteiger partial charge in [0.05, 0.1) is 23.7 Å². The van der Waals surface area contributed by atoms with Gasteiger partial charge in [0.15, 0.2) is 0 Å². The number of rotatable bonds is 12. The molecule has 0 spiro atoms. The number of alkyl halides is 3. The molecule has 1 amide bonds. The van der Waals surface area contributed by atoms with Crippen molar-refractivity contribution in [3.8, 4) is 11.3 Å². The lowest BCUT2D eigenvalue weighted by molar-refractivity contribution is -0.137. The number of halogens is 4. The van der Waals surface area contributed by atoms with Crippen molar-refractivity contribution in [3.05, 3.63) is 167 Å². The Morgan fingerprint density at radius 2 is 1.32 bits per heavy atom. The molecule has 306 valence electrons. The van der Waals surface area contributed by atoms with Crippen molar-refractivity contribution in [1.82, 2.24) is 24.4 Å². The van der Waals surface area contributed by atoms with Crippen LogP contribution < -0.4 is 4.90 Å². The monoisotopic (exact) mass is 820 g/mol. The first-order chi connectivity index (χ1) is 28.4. The van der Waals surface area contributed by atoms with E-state index in [-0.39, 0.29) is 41.9 Å². The van der Waals surface area contributed by atoms with Crippen LogP contribution in [-0.4, -0.2) is 54.7 Å². The molecular weight excluding hydrogens is 773 g/mol. The molecule has 1 aliphatic rings. The zero-order chi connectivity index (χ0) is 41.7. The van der Waals surface area contributed by atoms with E-state index in [4.69, 9.17) is 31.3 Å². The van der Waals surface area contributed by atoms with Gasteiger partial charge in [-0.15, -0.1) is 0 Å². The van der Waals surface area contributed by atoms with Crippen molar-refractivity contribution in [2.75, 3.05) is 4.90 Å². The average molecular weight is 821 g/mol. The topological polar surface area (TPSA) is 76.4 Å². The number of likely N-dealkylation sites (tertiary alicyclic amines) is 1. The largest absolute Gasteiger partial charge is 0.447 e. The molecule has 8 nitrogen and oxygen atoms in total. The Bertz CT molecular complexity index is 2200. The van der Waals surface area contributed by atoms with Crippen LogP contribution in [0.5, 0.6) is 0 Å². The zero-order valence-electron chi connectivity index (χ0n) is 33.6. The van der Waals surface area contributed by atoms with Gasteiger partial charge in [-0.25, -0.2) is 19.7 Å². The Morgan fingerprint density at radius 3 is 1.80 bits per heavy atom. The van der Waals surface area contributed by atoms with Gasteiger partial charge in [0, 0.05) is 53.8 Å². The van der Waals surface area contributed by atoms with Crippen LogP contribution in [0.25, 0.3) is 11.3 Å². The Labute approximate surface area is 348 Å². The molecule has 0 N–H and O–H groups in total. The van der Waals surface area contributed by atoms with E-state index in [2.05, 4.69) is 41.0 Å². The normalized spacial score (nSPS) is 17.2. The molecule has 6 aromatic rings. The average Bonchev–Trinajstić information content (AvgIpc) is 3.73. The van der Waals surface area contributed by atoms with E-state index >= 15 is 0 Å². The second kappa shape index (κ2) is 17.7. The van der Waals surface area contributed by atoms with Crippen LogP contribution in [0.15, 0.2) is 134 Å². The fourth-order valence-electron chi connectivity index (χ4n) is 8.50. The minimum absolute atomic E-state index is 0.0108. The second-order valence-corrected chi connectivity index (χ2v) is 15.7. The van der Waals surface area contributed by atoms with Crippen molar-refractivity contribution in [2.24, 2.45) is 0 Å². The lowest BCUT2D eigenvalue weighted by atomic mass is 9.77. The number of amides is 1. The maximum absolute atomic E-state index is 14.0. The Morgan fingerprint density at radius 1 is 0.797 bits per heavy atom. The van der Waals surface area contributed by atoms with Crippen molar-refractivity contribution in [3.63, 3.8) is 0 Å². The zero-order valence-corrected chi connectivity index (χ0v) is 34.3. The number of carbonyl (C=O) groups is 1. The van der Waals surface area contributed by atoms with Gasteiger partial charge in [-0.05, 0) is 80.0 Å². The summed E-state index contributed by atoms with van der Waals surface area (Å²) in [6.07, 6.45) is 4.46. The van der Waals surface area contributed by atoms with E-state index in [9.17, 15) is 18.0 Å². The van der Waals surface area contributed by atoms with E-state index in [1.54, 1.807) is 18.5 Å². The van der Waals surface area contributed by atoms with Crippen LogP contribution in [0, 0.1) is 0 Å². The highest BCUT2D eigenvalue weighted by atomic mass is 35.5. The first kappa shape index (κ1) is 41.5. The van der Waals surface area contributed by atoms with Gasteiger partial charge >= 0.3 is 12.3 Å². The molecule has 1 fully saturated rings. The van der Waals surface area contributed by atoms with Crippen LogP contribution in [0.2, 0.25) is 5.02 Å². The van der Waals surface area contributed by atoms with Crippen LogP contribution in [0.1, 0.15) is 81.2 Å². The third kappa shape index (κ3) is 8.71. The third-order valence-corrected chi connectivity index (χ3v) is 11.4. The maximum Gasteiger partial charge on any atom is 0.416 e. The molecular formula is C47H48ClF3N6O2. The highest BCUT2D eigenvalue weighted by Crippen LogP contribution is 2.42. The highest BCUT2D eigenvalue weighted by molar-refractivity contribution is 6.30. The van der Waals surface area contributed by atoms with Crippen molar-refractivity contribution < 1.29 is 22.7 Å². The lowest BCUT2D eigenvalue weighted by Crippen LogP contribution is -2.57. The van der Waals surface area contributed by atoms with E-state index in [1.807, 2.05) is 105 Å². The number of piperidine rings is 1. The molecule has 2 aromatic heterocycles. The van der Waals surface area contributed by atoms with Gasteiger partial charge in [-0.2, -0.15) is 13.2 Å². The minimum atomic E-state index is -4.58. The number of nitrogens with zero attached hydrogens (tertiary/aromatic N) is 6. The van der Waals surface area contributed by atoms with Gasteiger partial charge in [-0.3, -0.25) is 0 Å². The van der Waals surface area contributed by atoms with Gasteiger partial charge < -0.3 is 19.1 Å². The molecule has 1 saturated heterocycles. The molecule has 0 unspecified atom stereocenters. The fourth-order valence-corrected chi connectivity index (χ4v) is 8.76. The van der Waals surface area contributed by atoms with Crippen LogP contribution in [-0.2, 0) is 23.0 Å². The van der Waals surface area contributed by atoms with Crippen molar-refractivity contribution in [1.29, 1.82) is 0 Å². The van der Waals surface area contributed by atoms with Gasteiger partial charge in [0.25, 0.3) is 0 Å². The Balaban J connectivity index is 1.28. The van der Waals surface area contributed by atoms with Crippen LogP contribution in [0.3, 0.4) is 0 Å². The second-order valence-electron chi connectivity index (χ2n) is 15.3. The molecule has 1 aliphatic heterocycles. The fraction of sp³-hybridized carbons (Fsp3) is 0.319. The molecule has 0 saturated carbocycles. The van der Waals surface area contributed by atoms with Gasteiger partial charge in [0.1, 0.15) is 5.54 Å². The summed E-state index contributed by atoms with van der Waals surface area (Å²) in [6, 6.07) is 34.0. The standard InChI is InChI=1S/C47H48ClF3N6O2/c1-5-40-25-42(26-41(6-2)57(40)45(58)59-32(3)4)56(29-33-22-38(47(49,50)51)24-39(48)23-33)44-52-27-34(28-53-44)43-30-55(31-54-43)46(35-16-10-7-11-17-35,36-18-12-8-13-19-36)37-20-14-9-15-21-37/h7-24,27-28,30-32,40-42H,5-6,25-26,29H2,1-4H3/t40-,41+,42-. The van der Waals surface area contributed by atoms with Gasteiger partial charge in [-0.1, -0.05) is 116 Å². The number of anilines is 1. The number of hydrogen-bond donors (Lipinski definition) is 0. The van der Waals surface area contributed by atoms with E-state index in [0.29, 0.717) is 48.5 Å². The summed E-state index contributed by atoms with van der Waals surface area (Å²) in [5, 5.41) is -0.0108. The number of benzene rings is 4. The van der Waals surface area contributed by atoms with E-state index < -0.39 is 17.3 Å². The summed E-state index contributed by atoms with van der Waals surface area (Å²) < 4.78 is 49.7. The SMILES string of the molecule is CC[C@@H]1C[C@@H](N(Cc2cc(Cl)cc(C(F)(F)F)c2)c2ncc(-c3cn(C(c4ccccc4)(c4ccccc4)c4ccccc4)cn3)cn2)C[C@H](CC)N1C(=O)OC(C)C. The summed E-state index contributed by atoms with van der Waals surface area (Å²) in [5.74, 6) is 0.349. The van der Waals surface area contributed by atoms with E-state index in [0.717, 1.165) is 28.8 Å². The first-order valence-electron chi connectivity index (χ1n) is 20.1. The molecule has 0 bridgehead atoms. The van der Waals surface area contributed by atoms with Crippen molar-refractivity contribution >= 4 is 23.6 Å². The molecule has 7 rings (SSSR count). The quantitative estimate of drug-likeness (QED) is 0.114. The number of aromatic nitrogens is 4. The number of hydrogen-bond acceptors (Lipinski definition) is 6. The third-order valence-electron chi connectivity index (χ3n) is 11.2. The Kier molecular flexibility index (Phi) is 12.4. The molecule has 59 heavy (non-hydrogen) atoms. The molecule has 3 atom stereocenters. The van der Waals surface area contributed by atoms with Crippen LogP contribution in [0.4, 0.5) is 23.9 Å². The summed E-state index contributed by atoms with van der Waals surface area (Å²) in [7, 11) is 0. The number of imidazole rings is 1. The highest BCUT2D eigenvalue weighted by Gasteiger charge is 2.42. The van der Waals surface area contributed by atoms with Crippen LogP contribution >= 0.6 is 11.6 Å². The smallest absolute Gasteiger partial charge is 0.416 e. The predicted octanol–water partition coefficient (Wildman–Crippen LogP) is 11.4.